The van der Waals surface area contributed by atoms with Crippen LogP contribution in [0.5, 0.6) is 0 Å². The molecule has 0 amide bonds. The Labute approximate surface area is 165 Å². The summed E-state index contributed by atoms with van der Waals surface area (Å²) in [5, 5.41) is 2.49. The van der Waals surface area contributed by atoms with Crippen LogP contribution in [0.15, 0.2) is 97.1 Å². The second-order valence-corrected chi connectivity index (χ2v) is 6.87. The summed E-state index contributed by atoms with van der Waals surface area (Å²) in [5.74, 6) is -0.165. The molecular weight excluding hydrogens is 344 g/mol. The lowest BCUT2D eigenvalue weighted by Gasteiger charge is -2.08. The standard InChI is InChI=1S/C26H22O2/c27-26(28-19-21-7-2-1-3-8-21)18-15-20-13-16-23(17-14-20)25-12-6-10-22-9-4-5-11-24(22)25/h1-14,16-17H,15,18-19H2. The van der Waals surface area contributed by atoms with Crippen molar-refractivity contribution in [3.8, 4) is 11.1 Å². The molecule has 0 bridgehead atoms. The van der Waals surface area contributed by atoms with Crippen molar-refractivity contribution < 1.29 is 9.53 Å². The first-order valence-electron chi connectivity index (χ1n) is 9.56. The quantitative estimate of drug-likeness (QED) is 0.381. The number of benzene rings is 4. The molecule has 0 heterocycles. The number of hydrogen-bond acceptors (Lipinski definition) is 2. The van der Waals surface area contributed by atoms with Crippen LogP contribution in [0.1, 0.15) is 17.5 Å². The fourth-order valence-corrected chi connectivity index (χ4v) is 3.38. The normalized spacial score (nSPS) is 10.7. The van der Waals surface area contributed by atoms with Crippen LogP contribution in [0.2, 0.25) is 0 Å². The summed E-state index contributed by atoms with van der Waals surface area (Å²) in [5.41, 5.74) is 4.56. The Morgan fingerprint density at radius 2 is 1.39 bits per heavy atom. The molecule has 0 saturated heterocycles. The largest absolute Gasteiger partial charge is 0.461 e. The molecule has 0 spiro atoms. The molecule has 0 aliphatic rings. The summed E-state index contributed by atoms with van der Waals surface area (Å²) in [6.07, 6.45) is 1.07. The van der Waals surface area contributed by atoms with Gasteiger partial charge >= 0.3 is 5.97 Å². The third kappa shape index (κ3) is 4.29. The lowest BCUT2D eigenvalue weighted by molar-refractivity contribution is -0.144. The smallest absolute Gasteiger partial charge is 0.306 e. The third-order valence-electron chi connectivity index (χ3n) is 4.92. The first kappa shape index (κ1) is 18.0. The van der Waals surface area contributed by atoms with Gasteiger partial charge in [-0.05, 0) is 39.4 Å². The van der Waals surface area contributed by atoms with Gasteiger partial charge in [0.1, 0.15) is 6.61 Å². The molecule has 2 nitrogen and oxygen atoms in total. The topological polar surface area (TPSA) is 26.3 Å². The van der Waals surface area contributed by atoms with Gasteiger partial charge in [-0.3, -0.25) is 4.79 Å². The van der Waals surface area contributed by atoms with Gasteiger partial charge in [0.15, 0.2) is 0 Å². The van der Waals surface area contributed by atoms with Crippen LogP contribution in [0.25, 0.3) is 21.9 Å². The average Bonchev–Trinajstić information content (AvgIpc) is 2.77. The zero-order valence-corrected chi connectivity index (χ0v) is 15.7. The molecule has 4 rings (SSSR count). The minimum absolute atomic E-state index is 0.165. The molecule has 138 valence electrons. The minimum atomic E-state index is -0.165. The maximum atomic E-state index is 12.0. The van der Waals surface area contributed by atoms with E-state index in [0.717, 1.165) is 11.1 Å². The highest BCUT2D eigenvalue weighted by atomic mass is 16.5. The number of carbonyl (C=O) groups excluding carboxylic acids is 1. The molecule has 0 atom stereocenters. The number of rotatable bonds is 6. The highest BCUT2D eigenvalue weighted by molar-refractivity contribution is 5.96. The second kappa shape index (κ2) is 8.53. The molecule has 0 fully saturated rings. The summed E-state index contributed by atoms with van der Waals surface area (Å²) in [6.45, 7) is 0.333. The molecule has 4 aromatic rings. The molecule has 0 aromatic heterocycles. The average molecular weight is 366 g/mol. The first-order valence-corrected chi connectivity index (χ1v) is 9.56. The highest BCUT2D eigenvalue weighted by Gasteiger charge is 2.06. The molecule has 0 saturated carbocycles. The second-order valence-electron chi connectivity index (χ2n) is 6.87. The van der Waals surface area contributed by atoms with Crippen LogP contribution in [-0.2, 0) is 22.6 Å². The lowest BCUT2D eigenvalue weighted by Crippen LogP contribution is -2.05. The zero-order chi connectivity index (χ0) is 19.2. The van der Waals surface area contributed by atoms with E-state index in [0.29, 0.717) is 19.4 Å². The SMILES string of the molecule is O=C(CCc1ccc(-c2cccc3ccccc23)cc1)OCc1ccccc1. The number of ether oxygens (including phenoxy) is 1. The summed E-state index contributed by atoms with van der Waals surface area (Å²) < 4.78 is 5.35. The van der Waals surface area contributed by atoms with Gasteiger partial charge in [-0.25, -0.2) is 0 Å². The maximum absolute atomic E-state index is 12.0. The highest BCUT2D eigenvalue weighted by Crippen LogP contribution is 2.28. The van der Waals surface area contributed by atoms with Crippen molar-refractivity contribution in [2.45, 2.75) is 19.4 Å². The Hall–Kier alpha value is -3.39. The van der Waals surface area contributed by atoms with E-state index < -0.39 is 0 Å². The van der Waals surface area contributed by atoms with Crippen molar-refractivity contribution in [2.24, 2.45) is 0 Å². The summed E-state index contributed by atoms with van der Waals surface area (Å²) in [4.78, 5) is 12.0. The van der Waals surface area contributed by atoms with Crippen LogP contribution >= 0.6 is 0 Å². The van der Waals surface area contributed by atoms with E-state index in [1.54, 1.807) is 0 Å². The number of aryl methyl sites for hydroxylation is 1. The van der Waals surface area contributed by atoms with E-state index in [4.69, 9.17) is 4.74 Å². The van der Waals surface area contributed by atoms with Gasteiger partial charge in [0.25, 0.3) is 0 Å². The number of fused-ring (bicyclic) bond motifs is 1. The Bertz CT molecular complexity index is 1060. The zero-order valence-electron chi connectivity index (χ0n) is 15.7. The van der Waals surface area contributed by atoms with Crippen molar-refractivity contribution in [2.75, 3.05) is 0 Å². The molecule has 2 heteroatoms. The van der Waals surface area contributed by atoms with Crippen LogP contribution in [0.4, 0.5) is 0 Å². The molecular formula is C26H22O2. The van der Waals surface area contributed by atoms with E-state index >= 15 is 0 Å². The molecule has 0 aliphatic heterocycles. The van der Waals surface area contributed by atoms with Crippen molar-refractivity contribution >= 4 is 16.7 Å². The van der Waals surface area contributed by atoms with E-state index in [1.165, 1.54) is 21.9 Å². The Kier molecular flexibility index (Phi) is 5.48. The van der Waals surface area contributed by atoms with Crippen molar-refractivity contribution in [3.05, 3.63) is 108 Å². The fraction of sp³-hybridized carbons (Fsp3) is 0.115. The van der Waals surface area contributed by atoms with Gasteiger partial charge < -0.3 is 4.74 Å². The summed E-state index contributed by atoms with van der Waals surface area (Å²) in [7, 11) is 0. The van der Waals surface area contributed by atoms with Gasteiger partial charge in [0, 0.05) is 6.42 Å². The Balaban J connectivity index is 1.37. The van der Waals surface area contributed by atoms with E-state index in [2.05, 4.69) is 66.7 Å². The molecule has 4 aromatic carbocycles. The van der Waals surface area contributed by atoms with Crippen LogP contribution < -0.4 is 0 Å². The van der Waals surface area contributed by atoms with E-state index in [1.807, 2.05) is 30.3 Å². The number of hydrogen-bond donors (Lipinski definition) is 0. The van der Waals surface area contributed by atoms with E-state index in [9.17, 15) is 4.79 Å². The Morgan fingerprint density at radius 3 is 2.21 bits per heavy atom. The molecule has 0 radical (unpaired) electrons. The van der Waals surface area contributed by atoms with Crippen molar-refractivity contribution in [3.63, 3.8) is 0 Å². The van der Waals surface area contributed by atoms with Gasteiger partial charge in [0.2, 0.25) is 0 Å². The predicted octanol–water partition coefficient (Wildman–Crippen LogP) is 6.18. The summed E-state index contributed by atoms with van der Waals surface area (Å²) >= 11 is 0. The van der Waals surface area contributed by atoms with Gasteiger partial charge in [-0.2, -0.15) is 0 Å². The Morgan fingerprint density at radius 1 is 0.679 bits per heavy atom. The minimum Gasteiger partial charge on any atom is -0.461 e. The maximum Gasteiger partial charge on any atom is 0.306 e. The first-order chi connectivity index (χ1) is 13.8. The third-order valence-corrected chi connectivity index (χ3v) is 4.92. The number of carbonyl (C=O) groups is 1. The van der Waals surface area contributed by atoms with Gasteiger partial charge in [-0.1, -0.05) is 97.1 Å². The predicted molar refractivity (Wildman–Crippen MR) is 114 cm³/mol. The van der Waals surface area contributed by atoms with Crippen LogP contribution in [0.3, 0.4) is 0 Å². The molecule has 0 aliphatic carbocycles. The molecule has 28 heavy (non-hydrogen) atoms. The lowest BCUT2D eigenvalue weighted by atomic mass is 9.97. The molecule has 0 unspecified atom stereocenters. The monoisotopic (exact) mass is 366 g/mol. The summed E-state index contributed by atoms with van der Waals surface area (Å²) in [6, 6.07) is 33.0. The van der Waals surface area contributed by atoms with Gasteiger partial charge in [0.05, 0.1) is 0 Å². The number of esters is 1. The fourth-order valence-electron chi connectivity index (χ4n) is 3.38. The van der Waals surface area contributed by atoms with Crippen LogP contribution in [0, 0.1) is 0 Å². The van der Waals surface area contributed by atoms with E-state index in [-0.39, 0.29) is 5.97 Å². The molecule has 0 N–H and O–H groups in total. The van der Waals surface area contributed by atoms with Crippen molar-refractivity contribution in [1.82, 2.24) is 0 Å². The van der Waals surface area contributed by atoms with Gasteiger partial charge in [-0.15, -0.1) is 0 Å². The van der Waals surface area contributed by atoms with Crippen molar-refractivity contribution in [1.29, 1.82) is 0 Å². The van der Waals surface area contributed by atoms with Crippen LogP contribution in [-0.4, -0.2) is 5.97 Å².